The Hall–Kier alpha value is -3.61. The molecule has 0 radical (unpaired) electrons. The van der Waals surface area contributed by atoms with Crippen LogP contribution >= 0.6 is 0 Å². The Morgan fingerprint density at radius 3 is 2.57 bits per heavy atom. The van der Waals surface area contributed by atoms with E-state index >= 15 is 0 Å². The summed E-state index contributed by atoms with van der Waals surface area (Å²) in [6.07, 6.45) is 0.0412. The van der Waals surface area contributed by atoms with E-state index < -0.39 is 17.8 Å². The number of ether oxygens (including phenoxy) is 1. The van der Waals surface area contributed by atoms with Gasteiger partial charge in [0.1, 0.15) is 18.2 Å². The van der Waals surface area contributed by atoms with E-state index in [2.05, 4.69) is 10.6 Å². The van der Waals surface area contributed by atoms with Gasteiger partial charge in [-0.25, -0.2) is 9.59 Å². The fraction of sp³-hybridized carbons (Fsp3) is 0.261. The molecule has 7 nitrogen and oxygen atoms in total. The molecule has 0 bridgehead atoms. The summed E-state index contributed by atoms with van der Waals surface area (Å²) in [5.74, 6) is -0.453. The maximum Gasteiger partial charge on any atom is 0.408 e. The van der Waals surface area contributed by atoms with Crippen molar-refractivity contribution in [1.82, 2.24) is 5.32 Å². The second kappa shape index (κ2) is 9.73. The second-order valence-electron chi connectivity index (χ2n) is 7.07. The molecule has 2 N–H and O–H groups in total. The van der Waals surface area contributed by atoms with Crippen LogP contribution in [0.2, 0.25) is 0 Å². The Kier molecular flexibility index (Phi) is 6.85. The number of carbonyl (C=O) groups excluding carboxylic acids is 2. The predicted octanol–water partition coefficient (Wildman–Crippen LogP) is 4.07. The highest BCUT2D eigenvalue weighted by Gasteiger charge is 2.26. The number of anilines is 1. The van der Waals surface area contributed by atoms with Crippen LogP contribution in [0.3, 0.4) is 0 Å². The highest BCUT2D eigenvalue weighted by Crippen LogP contribution is 2.19. The van der Waals surface area contributed by atoms with Gasteiger partial charge in [0.2, 0.25) is 5.91 Å². The number of hydrogen-bond donors (Lipinski definition) is 2. The second-order valence-corrected chi connectivity index (χ2v) is 7.07. The van der Waals surface area contributed by atoms with Crippen molar-refractivity contribution in [3.8, 4) is 0 Å². The lowest BCUT2D eigenvalue weighted by Gasteiger charge is -2.23. The van der Waals surface area contributed by atoms with E-state index in [4.69, 9.17) is 9.15 Å². The average molecular weight is 408 g/mol. The highest BCUT2D eigenvalue weighted by molar-refractivity contribution is 5.98. The van der Waals surface area contributed by atoms with Gasteiger partial charge in [0.25, 0.3) is 0 Å². The minimum Gasteiger partial charge on any atom is -0.445 e. The first-order valence-corrected chi connectivity index (χ1v) is 9.78. The van der Waals surface area contributed by atoms with Crippen LogP contribution in [0, 0.1) is 5.92 Å². The molecule has 3 rings (SSSR count). The molecule has 0 aliphatic rings. The topological polar surface area (TPSA) is 97.6 Å². The van der Waals surface area contributed by atoms with Crippen molar-refractivity contribution in [3.05, 3.63) is 76.6 Å². The molecule has 0 saturated carbocycles. The molecule has 3 aromatic rings. The van der Waals surface area contributed by atoms with Crippen LogP contribution in [0.5, 0.6) is 0 Å². The van der Waals surface area contributed by atoms with Gasteiger partial charge in [0.15, 0.2) is 0 Å². The van der Waals surface area contributed by atoms with E-state index in [9.17, 15) is 14.4 Å². The van der Waals surface area contributed by atoms with E-state index in [-0.39, 0.29) is 18.4 Å². The zero-order chi connectivity index (χ0) is 21.5. The molecule has 2 amide bonds. The summed E-state index contributed by atoms with van der Waals surface area (Å²) in [4.78, 5) is 36.4. The van der Waals surface area contributed by atoms with Crippen LogP contribution in [-0.4, -0.2) is 18.0 Å². The third kappa shape index (κ3) is 5.47. The first-order valence-electron chi connectivity index (χ1n) is 9.78. The van der Waals surface area contributed by atoms with Crippen molar-refractivity contribution < 1.29 is 18.7 Å². The summed E-state index contributed by atoms with van der Waals surface area (Å²) >= 11 is 0. The van der Waals surface area contributed by atoms with Crippen LogP contribution in [0.4, 0.5) is 10.5 Å². The van der Waals surface area contributed by atoms with Gasteiger partial charge in [0, 0.05) is 17.1 Å². The molecule has 0 aliphatic heterocycles. The third-order valence-electron chi connectivity index (χ3n) is 4.87. The van der Waals surface area contributed by atoms with Gasteiger partial charge in [-0.3, -0.25) is 4.79 Å². The molecule has 0 aliphatic carbocycles. The standard InChI is InChI=1S/C23H24N2O5/c1-3-15(2)21(25-23(28)29-14-16-7-5-4-6-8-16)22(27)24-18-10-11-19-17(13-18)9-12-20(26)30-19/h4-13,15,21H,3,14H2,1-2H3,(H,24,27)(H,25,28)/t15-,21-/m0/s1. The molecule has 0 fully saturated rings. The average Bonchev–Trinajstić information content (AvgIpc) is 2.76. The Balaban J connectivity index is 1.66. The number of fused-ring (bicyclic) bond motifs is 1. The molecule has 0 saturated heterocycles. The summed E-state index contributed by atoms with van der Waals surface area (Å²) in [7, 11) is 0. The Labute approximate surface area is 174 Å². The maximum atomic E-state index is 12.9. The maximum absolute atomic E-state index is 12.9. The summed E-state index contributed by atoms with van der Waals surface area (Å²) in [6, 6.07) is 16.5. The normalized spacial score (nSPS) is 12.7. The van der Waals surface area contributed by atoms with Crippen LogP contribution in [0.25, 0.3) is 11.0 Å². The van der Waals surface area contributed by atoms with Gasteiger partial charge in [-0.2, -0.15) is 0 Å². The largest absolute Gasteiger partial charge is 0.445 e. The van der Waals surface area contributed by atoms with Gasteiger partial charge in [0.05, 0.1) is 0 Å². The van der Waals surface area contributed by atoms with Gasteiger partial charge < -0.3 is 19.8 Å². The van der Waals surface area contributed by atoms with Crippen molar-refractivity contribution in [2.24, 2.45) is 5.92 Å². The number of amides is 2. The molecule has 2 aromatic carbocycles. The van der Waals surface area contributed by atoms with Crippen molar-refractivity contribution in [3.63, 3.8) is 0 Å². The molecule has 156 valence electrons. The monoisotopic (exact) mass is 408 g/mol. The molecule has 0 unspecified atom stereocenters. The van der Waals surface area contributed by atoms with Gasteiger partial charge >= 0.3 is 11.7 Å². The van der Waals surface area contributed by atoms with Crippen molar-refractivity contribution in [1.29, 1.82) is 0 Å². The first kappa shape index (κ1) is 21.1. The fourth-order valence-electron chi connectivity index (χ4n) is 2.96. The number of hydrogen-bond acceptors (Lipinski definition) is 5. The number of benzene rings is 2. The van der Waals surface area contributed by atoms with Crippen LogP contribution in [0.1, 0.15) is 25.8 Å². The highest BCUT2D eigenvalue weighted by atomic mass is 16.5. The number of rotatable bonds is 7. The minimum absolute atomic E-state index is 0.104. The number of nitrogens with one attached hydrogen (secondary N) is 2. The minimum atomic E-state index is -0.761. The molecule has 1 heterocycles. The molecule has 2 atom stereocenters. The zero-order valence-electron chi connectivity index (χ0n) is 16.9. The number of alkyl carbamates (subject to hydrolysis) is 1. The van der Waals surface area contributed by atoms with Crippen molar-refractivity contribution >= 4 is 28.7 Å². The summed E-state index contributed by atoms with van der Waals surface area (Å²) < 4.78 is 10.3. The summed E-state index contributed by atoms with van der Waals surface area (Å²) in [5, 5.41) is 6.17. The quantitative estimate of drug-likeness (QED) is 0.574. The van der Waals surface area contributed by atoms with E-state index in [1.165, 1.54) is 6.07 Å². The fourth-order valence-corrected chi connectivity index (χ4v) is 2.96. The first-order chi connectivity index (χ1) is 14.5. The SMILES string of the molecule is CC[C@H](C)[C@H](NC(=O)OCc1ccccc1)C(=O)Nc1ccc2oc(=O)ccc2c1. The molecule has 0 spiro atoms. The summed E-state index contributed by atoms with van der Waals surface area (Å²) in [6.45, 7) is 3.95. The smallest absolute Gasteiger partial charge is 0.408 e. The van der Waals surface area contributed by atoms with Gasteiger partial charge in [-0.05, 0) is 35.7 Å². The summed E-state index contributed by atoms with van der Waals surface area (Å²) in [5.41, 5.74) is 1.39. The lowest BCUT2D eigenvalue weighted by molar-refractivity contribution is -0.119. The van der Waals surface area contributed by atoms with E-state index in [1.807, 2.05) is 44.2 Å². The molecule has 7 heteroatoms. The van der Waals surface area contributed by atoms with Crippen molar-refractivity contribution in [2.75, 3.05) is 5.32 Å². The lowest BCUT2D eigenvalue weighted by Crippen LogP contribution is -2.47. The van der Waals surface area contributed by atoms with Gasteiger partial charge in [-0.1, -0.05) is 50.6 Å². The predicted molar refractivity (Wildman–Crippen MR) is 114 cm³/mol. The Bertz CT molecular complexity index is 1080. The Morgan fingerprint density at radius 1 is 1.07 bits per heavy atom. The van der Waals surface area contributed by atoms with E-state index in [0.29, 0.717) is 23.1 Å². The molecular weight excluding hydrogens is 384 g/mol. The van der Waals surface area contributed by atoms with Crippen LogP contribution < -0.4 is 16.3 Å². The van der Waals surface area contributed by atoms with Crippen molar-refractivity contribution in [2.45, 2.75) is 32.9 Å². The molecule has 1 aromatic heterocycles. The van der Waals surface area contributed by atoms with Crippen LogP contribution in [0.15, 0.2) is 69.9 Å². The van der Waals surface area contributed by atoms with Crippen LogP contribution in [-0.2, 0) is 16.1 Å². The third-order valence-corrected chi connectivity index (χ3v) is 4.87. The lowest BCUT2D eigenvalue weighted by atomic mass is 9.98. The van der Waals surface area contributed by atoms with Gasteiger partial charge in [-0.15, -0.1) is 0 Å². The molecule has 30 heavy (non-hydrogen) atoms. The molecular formula is C23H24N2O5. The Morgan fingerprint density at radius 2 is 1.83 bits per heavy atom. The zero-order valence-corrected chi connectivity index (χ0v) is 16.9. The number of carbonyl (C=O) groups is 2. The van der Waals surface area contributed by atoms with E-state index in [0.717, 1.165) is 5.56 Å². The van der Waals surface area contributed by atoms with E-state index in [1.54, 1.807) is 24.3 Å².